The fraction of sp³-hybridized carbons (Fsp3) is 0.222. The predicted molar refractivity (Wildman–Crippen MR) is 90.8 cm³/mol. The monoisotopic (exact) mass is 312 g/mol. The van der Waals surface area contributed by atoms with Crippen molar-refractivity contribution in [2.45, 2.75) is 13.8 Å². The van der Waals surface area contributed by atoms with Gasteiger partial charge in [-0.1, -0.05) is 47.6 Å². The standard InChI is InChI=1S/C18H20N2O3/c1-3-22-17-12-8-7-11-16(17)19-18(21)13-23-20-14(2)15-9-5-4-6-10-15/h4-12H,3,13H2,1-2H3,(H,19,21)/b20-14-. The summed E-state index contributed by atoms with van der Waals surface area (Å²) in [6.45, 7) is 4.09. The topological polar surface area (TPSA) is 59.9 Å². The van der Waals surface area contributed by atoms with Gasteiger partial charge in [0, 0.05) is 0 Å². The molecule has 0 spiro atoms. The molecule has 0 atom stereocenters. The summed E-state index contributed by atoms with van der Waals surface area (Å²) in [5.41, 5.74) is 2.29. The first-order valence-corrected chi connectivity index (χ1v) is 7.44. The molecule has 5 heteroatoms. The van der Waals surface area contributed by atoms with Gasteiger partial charge in [0.2, 0.25) is 0 Å². The maximum atomic E-state index is 11.9. The van der Waals surface area contributed by atoms with Crippen molar-refractivity contribution < 1.29 is 14.4 Å². The van der Waals surface area contributed by atoms with E-state index in [4.69, 9.17) is 9.57 Å². The van der Waals surface area contributed by atoms with Gasteiger partial charge in [-0.15, -0.1) is 0 Å². The average molecular weight is 312 g/mol. The van der Waals surface area contributed by atoms with Crippen LogP contribution in [0.25, 0.3) is 0 Å². The molecule has 0 aliphatic carbocycles. The summed E-state index contributed by atoms with van der Waals surface area (Å²) in [5, 5.41) is 6.71. The maximum Gasteiger partial charge on any atom is 0.265 e. The maximum absolute atomic E-state index is 11.9. The van der Waals surface area contributed by atoms with Crippen LogP contribution in [-0.4, -0.2) is 24.8 Å². The second-order valence-corrected chi connectivity index (χ2v) is 4.79. The van der Waals surface area contributed by atoms with E-state index < -0.39 is 0 Å². The number of amides is 1. The lowest BCUT2D eigenvalue weighted by molar-refractivity contribution is -0.120. The molecule has 1 N–H and O–H groups in total. The van der Waals surface area contributed by atoms with Gasteiger partial charge in [0.05, 0.1) is 18.0 Å². The molecule has 0 aliphatic rings. The molecule has 0 heterocycles. The number of rotatable bonds is 7. The number of carbonyl (C=O) groups is 1. The molecule has 0 aliphatic heterocycles. The van der Waals surface area contributed by atoms with E-state index in [-0.39, 0.29) is 12.5 Å². The van der Waals surface area contributed by atoms with Gasteiger partial charge in [0.25, 0.3) is 5.91 Å². The minimum Gasteiger partial charge on any atom is -0.492 e. The van der Waals surface area contributed by atoms with Crippen molar-refractivity contribution in [1.82, 2.24) is 0 Å². The minimum atomic E-state index is -0.290. The van der Waals surface area contributed by atoms with E-state index in [2.05, 4.69) is 10.5 Å². The first-order chi connectivity index (χ1) is 11.2. The summed E-state index contributed by atoms with van der Waals surface area (Å²) in [7, 11) is 0. The van der Waals surface area contributed by atoms with E-state index in [0.717, 1.165) is 5.56 Å². The summed E-state index contributed by atoms with van der Waals surface area (Å²) < 4.78 is 5.46. The van der Waals surface area contributed by atoms with Crippen molar-refractivity contribution in [2.75, 3.05) is 18.5 Å². The largest absolute Gasteiger partial charge is 0.492 e. The molecule has 2 aromatic carbocycles. The van der Waals surface area contributed by atoms with Crippen molar-refractivity contribution in [3.63, 3.8) is 0 Å². The lowest BCUT2D eigenvalue weighted by Gasteiger charge is -2.10. The Hall–Kier alpha value is -2.82. The summed E-state index contributed by atoms with van der Waals surface area (Å²) in [5.74, 6) is 0.342. The van der Waals surface area contributed by atoms with Gasteiger partial charge < -0.3 is 14.9 Å². The number of nitrogens with zero attached hydrogens (tertiary/aromatic N) is 1. The van der Waals surface area contributed by atoms with Gasteiger partial charge in [-0.05, 0) is 31.5 Å². The molecule has 0 saturated heterocycles. The Labute approximate surface area is 135 Å². The number of oxime groups is 1. The highest BCUT2D eigenvalue weighted by Crippen LogP contribution is 2.23. The number of hydrogen-bond donors (Lipinski definition) is 1. The van der Waals surface area contributed by atoms with Crippen molar-refractivity contribution in [3.05, 3.63) is 60.2 Å². The highest BCUT2D eigenvalue weighted by molar-refractivity contribution is 5.98. The van der Waals surface area contributed by atoms with Crippen molar-refractivity contribution in [2.24, 2.45) is 5.16 Å². The number of hydrogen-bond acceptors (Lipinski definition) is 4. The third-order valence-electron chi connectivity index (χ3n) is 3.05. The number of ether oxygens (including phenoxy) is 1. The lowest BCUT2D eigenvalue weighted by Crippen LogP contribution is -2.18. The highest BCUT2D eigenvalue weighted by atomic mass is 16.6. The molecule has 1 amide bonds. The number of benzene rings is 2. The minimum absolute atomic E-state index is 0.162. The molecule has 23 heavy (non-hydrogen) atoms. The molecule has 0 radical (unpaired) electrons. The molecule has 0 fully saturated rings. The molecule has 2 rings (SSSR count). The van der Waals surface area contributed by atoms with Crippen molar-refractivity contribution in [3.8, 4) is 5.75 Å². The molecule has 0 saturated carbocycles. The summed E-state index contributed by atoms with van der Waals surface area (Å²) in [6, 6.07) is 16.9. The Bertz CT molecular complexity index is 669. The number of para-hydroxylation sites is 2. The second-order valence-electron chi connectivity index (χ2n) is 4.79. The first-order valence-electron chi connectivity index (χ1n) is 7.44. The van der Waals surface area contributed by atoms with Crippen LogP contribution < -0.4 is 10.1 Å². The van der Waals surface area contributed by atoms with Gasteiger partial charge in [0.1, 0.15) is 5.75 Å². The zero-order chi connectivity index (χ0) is 16.5. The Morgan fingerprint density at radius 1 is 1.09 bits per heavy atom. The smallest absolute Gasteiger partial charge is 0.265 e. The molecule has 120 valence electrons. The van der Waals surface area contributed by atoms with Crippen LogP contribution in [0.15, 0.2) is 59.8 Å². The normalized spacial score (nSPS) is 11.0. The van der Waals surface area contributed by atoms with Crippen LogP contribution in [0, 0.1) is 0 Å². The fourth-order valence-electron chi connectivity index (χ4n) is 1.96. The Kier molecular flexibility index (Phi) is 6.17. The van der Waals surface area contributed by atoms with Crippen LogP contribution in [-0.2, 0) is 9.63 Å². The molecular formula is C18H20N2O3. The summed E-state index contributed by atoms with van der Waals surface area (Å²) in [4.78, 5) is 17.0. The van der Waals surface area contributed by atoms with Crippen LogP contribution in [0.4, 0.5) is 5.69 Å². The molecule has 0 unspecified atom stereocenters. The third-order valence-corrected chi connectivity index (χ3v) is 3.05. The van der Waals surface area contributed by atoms with Crippen molar-refractivity contribution in [1.29, 1.82) is 0 Å². The number of anilines is 1. The van der Waals surface area contributed by atoms with Crippen molar-refractivity contribution >= 4 is 17.3 Å². The van der Waals surface area contributed by atoms with Crippen LogP contribution in [0.3, 0.4) is 0 Å². The van der Waals surface area contributed by atoms with Gasteiger partial charge in [-0.3, -0.25) is 4.79 Å². The van der Waals surface area contributed by atoms with Gasteiger partial charge in [0.15, 0.2) is 6.61 Å². The average Bonchev–Trinajstić information content (AvgIpc) is 2.57. The third kappa shape index (κ3) is 5.14. The highest BCUT2D eigenvalue weighted by Gasteiger charge is 2.07. The van der Waals surface area contributed by atoms with E-state index in [0.29, 0.717) is 23.8 Å². The zero-order valence-electron chi connectivity index (χ0n) is 13.3. The van der Waals surface area contributed by atoms with E-state index in [9.17, 15) is 4.79 Å². The van der Waals surface area contributed by atoms with E-state index in [1.807, 2.05) is 56.3 Å². The Morgan fingerprint density at radius 2 is 1.78 bits per heavy atom. The van der Waals surface area contributed by atoms with Crippen LogP contribution in [0.2, 0.25) is 0 Å². The first kappa shape index (κ1) is 16.5. The van der Waals surface area contributed by atoms with Gasteiger partial charge >= 0.3 is 0 Å². The predicted octanol–water partition coefficient (Wildman–Crippen LogP) is 3.46. The molecule has 0 bridgehead atoms. The van der Waals surface area contributed by atoms with E-state index >= 15 is 0 Å². The van der Waals surface area contributed by atoms with Gasteiger partial charge in [-0.2, -0.15) is 0 Å². The second kappa shape index (κ2) is 8.58. The zero-order valence-corrected chi connectivity index (χ0v) is 13.3. The van der Waals surface area contributed by atoms with Gasteiger partial charge in [-0.25, -0.2) is 0 Å². The van der Waals surface area contributed by atoms with Crippen LogP contribution in [0.1, 0.15) is 19.4 Å². The van der Waals surface area contributed by atoms with Crippen LogP contribution >= 0.6 is 0 Å². The van der Waals surface area contributed by atoms with E-state index in [1.54, 1.807) is 12.1 Å². The SMILES string of the molecule is CCOc1ccccc1NC(=O)CO/N=C(/C)c1ccccc1. The molecule has 0 aromatic heterocycles. The quantitative estimate of drug-likeness (QED) is 0.629. The Balaban J connectivity index is 1.88. The molecular weight excluding hydrogens is 292 g/mol. The number of nitrogens with one attached hydrogen (secondary N) is 1. The van der Waals surface area contributed by atoms with Crippen LogP contribution in [0.5, 0.6) is 5.75 Å². The summed E-state index contributed by atoms with van der Waals surface area (Å²) >= 11 is 0. The fourth-order valence-corrected chi connectivity index (χ4v) is 1.96. The number of carbonyl (C=O) groups excluding carboxylic acids is 1. The molecule has 5 nitrogen and oxygen atoms in total. The lowest BCUT2D eigenvalue weighted by atomic mass is 10.1. The summed E-state index contributed by atoms with van der Waals surface area (Å²) in [6.07, 6.45) is 0. The van der Waals surface area contributed by atoms with E-state index in [1.165, 1.54) is 0 Å². The molecule has 2 aromatic rings. The Morgan fingerprint density at radius 3 is 2.52 bits per heavy atom.